The lowest BCUT2D eigenvalue weighted by atomic mass is 9.96. The largest absolute Gasteiger partial charge is 0.388 e. The Labute approximate surface area is 256 Å². The highest BCUT2D eigenvalue weighted by Crippen LogP contribution is 2.32. The molecule has 0 radical (unpaired) electrons. The number of allylic oxidation sites excluding steroid dienone is 5. The molecule has 4 heteroatoms. The van der Waals surface area contributed by atoms with Crippen LogP contribution in [0, 0.1) is 5.82 Å². The van der Waals surface area contributed by atoms with Gasteiger partial charge in [-0.2, -0.15) is 0 Å². The van der Waals surface area contributed by atoms with Gasteiger partial charge in [0.25, 0.3) is 0 Å². The first-order valence-corrected chi connectivity index (χ1v) is 14.6. The van der Waals surface area contributed by atoms with Crippen LogP contribution in [0.4, 0.5) is 10.1 Å². The van der Waals surface area contributed by atoms with Crippen molar-refractivity contribution in [3.8, 4) is 11.1 Å². The number of aromatic nitrogens is 1. The van der Waals surface area contributed by atoms with Crippen LogP contribution in [-0.4, -0.2) is 12.0 Å². The molecule has 0 aliphatic rings. The summed E-state index contributed by atoms with van der Waals surface area (Å²) in [7, 11) is 1.89. The summed E-state index contributed by atoms with van der Waals surface area (Å²) in [5.74, 6) is -0.225. The molecule has 0 saturated carbocycles. The fraction of sp³-hybridized carbons (Fsp3) is 0.154. The molecular formula is C39H42FN3. The van der Waals surface area contributed by atoms with Gasteiger partial charge in [0.2, 0.25) is 0 Å². The monoisotopic (exact) mass is 571 g/mol. The van der Waals surface area contributed by atoms with E-state index in [1.807, 2.05) is 70.6 Å². The third-order valence-electron chi connectivity index (χ3n) is 6.84. The Kier molecular flexibility index (Phi) is 12.5. The molecule has 0 bridgehead atoms. The molecule has 0 amide bonds. The topological polar surface area (TPSA) is 37.0 Å². The summed E-state index contributed by atoms with van der Waals surface area (Å²) in [5.41, 5.74) is 10.1. The van der Waals surface area contributed by atoms with Crippen molar-refractivity contribution in [1.29, 1.82) is 0 Å². The van der Waals surface area contributed by atoms with E-state index in [4.69, 9.17) is 0 Å². The molecule has 1 aromatic heterocycles. The molecule has 0 saturated heterocycles. The van der Waals surface area contributed by atoms with Crippen molar-refractivity contribution >= 4 is 11.3 Å². The van der Waals surface area contributed by atoms with Crippen LogP contribution in [0.1, 0.15) is 43.0 Å². The van der Waals surface area contributed by atoms with E-state index in [9.17, 15) is 4.39 Å². The van der Waals surface area contributed by atoms with Gasteiger partial charge in [-0.25, -0.2) is 4.39 Å². The van der Waals surface area contributed by atoms with Gasteiger partial charge in [-0.15, -0.1) is 0 Å². The van der Waals surface area contributed by atoms with E-state index in [0.717, 1.165) is 51.2 Å². The molecule has 0 atom stereocenters. The second-order valence-electron chi connectivity index (χ2n) is 9.84. The third-order valence-corrected chi connectivity index (χ3v) is 6.84. The predicted molar refractivity (Wildman–Crippen MR) is 183 cm³/mol. The number of anilines is 1. The summed E-state index contributed by atoms with van der Waals surface area (Å²) >= 11 is 0. The molecule has 0 aliphatic carbocycles. The fourth-order valence-corrected chi connectivity index (χ4v) is 4.54. The van der Waals surface area contributed by atoms with E-state index in [1.165, 1.54) is 11.6 Å². The van der Waals surface area contributed by atoms with Crippen LogP contribution in [0.15, 0.2) is 146 Å². The van der Waals surface area contributed by atoms with Crippen LogP contribution in [0.25, 0.3) is 16.7 Å². The number of nitrogens with one attached hydrogen (secondary N) is 2. The summed E-state index contributed by atoms with van der Waals surface area (Å²) in [4.78, 5) is 4.51. The van der Waals surface area contributed by atoms with Crippen molar-refractivity contribution in [2.45, 2.75) is 33.6 Å². The van der Waals surface area contributed by atoms with E-state index < -0.39 is 0 Å². The normalized spacial score (nSPS) is 11.0. The highest BCUT2D eigenvalue weighted by atomic mass is 19.1. The van der Waals surface area contributed by atoms with Crippen LogP contribution in [0.3, 0.4) is 0 Å². The summed E-state index contributed by atoms with van der Waals surface area (Å²) in [6.45, 7) is 18.7. The van der Waals surface area contributed by atoms with Crippen LogP contribution in [0.2, 0.25) is 0 Å². The highest BCUT2D eigenvalue weighted by molar-refractivity contribution is 5.86. The molecule has 0 fully saturated rings. The smallest absolute Gasteiger partial charge is 0.126 e. The van der Waals surface area contributed by atoms with Gasteiger partial charge in [0.1, 0.15) is 5.82 Å². The highest BCUT2D eigenvalue weighted by Gasteiger charge is 2.12. The zero-order chi connectivity index (χ0) is 31.2. The SMILES string of the molecule is C=C(/C=C\C(=C/C)NC(=C)C(=C)c1cc(-c2cncc(Cc3ccccc3)c2)ccc1NC)Cc1ccccc1F.CC. The molecule has 0 aliphatic heterocycles. The maximum Gasteiger partial charge on any atom is 0.126 e. The lowest BCUT2D eigenvalue weighted by Crippen LogP contribution is -2.12. The van der Waals surface area contributed by atoms with E-state index in [1.54, 1.807) is 12.1 Å². The van der Waals surface area contributed by atoms with Crippen molar-refractivity contribution in [3.05, 3.63) is 174 Å². The number of nitrogens with zero attached hydrogens (tertiary/aromatic N) is 1. The van der Waals surface area contributed by atoms with Gasteiger partial charge in [-0.1, -0.05) is 106 Å². The quantitative estimate of drug-likeness (QED) is 0.166. The van der Waals surface area contributed by atoms with Gasteiger partial charge in [-0.3, -0.25) is 4.98 Å². The minimum Gasteiger partial charge on any atom is -0.388 e. The number of rotatable bonds is 12. The fourth-order valence-electron chi connectivity index (χ4n) is 4.54. The lowest BCUT2D eigenvalue weighted by Gasteiger charge is -2.18. The maximum atomic E-state index is 14.0. The Morgan fingerprint density at radius 2 is 1.56 bits per heavy atom. The summed E-state index contributed by atoms with van der Waals surface area (Å²) in [5, 5.41) is 6.64. The first kappa shape index (κ1) is 32.6. The second-order valence-corrected chi connectivity index (χ2v) is 9.84. The minimum absolute atomic E-state index is 0.225. The number of halogens is 1. The van der Waals surface area contributed by atoms with E-state index >= 15 is 0 Å². The van der Waals surface area contributed by atoms with Crippen LogP contribution < -0.4 is 10.6 Å². The predicted octanol–water partition coefficient (Wildman–Crippen LogP) is 9.92. The average molecular weight is 572 g/mol. The first-order valence-electron chi connectivity index (χ1n) is 14.6. The van der Waals surface area contributed by atoms with Crippen molar-refractivity contribution in [3.63, 3.8) is 0 Å². The summed E-state index contributed by atoms with van der Waals surface area (Å²) in [6, 6.07) is 25.6. The molecule has 43 heavy (non-hydrogen) atoms. The van der Waals surface area contributed by atoms with Gasteiger partial charge in [0, 0.05) is 47.6 Å². The Balaban J connectivity index is 0.00000248. The Morgan fingerprint density at radius 3 is 2.26 bits per heavy atom. The van der Waals surface area contributed by atoms with Gasteiger partial charge in [0.05, 0.1) is 0 Å². The zero-order valence-corrected chi connectivity index (χ0v) is 25.8. The molecule has 1 heterocycles. The lowest BCUT2D eigenvalue weighted by molar-refractivity contribution is 0.614. The number of hydrogen-bond acceptors (Lipinski definition) is 3. The maximum absolute atomic E-state index is 14.0. The zero-order valence-electron chi connectivity index (χ0n) is 25.8. The van der Waals surface area contributed by atoms with Crippen molar-refractivity contribution < 1.29 is 4.39 Å². The van der Waals surface area contributed by atoms with Crippen LogP contribution >= 0.6 is 0 Å². The number of benzene rings is 3. The average Bonchev–Trinajstić information content (AvgIpc) is 3.05. The van der Waals surface area contributed by atoms with Crippen LogP contribution in [0.5, 0.6) is 0 Å². The molecule has 3 aromatic carbocycles. The summed E-state index contributed by atoms with van der Waals surface area (Å²) < 4.78 is 14.0. The Bertz CT molecular complexity index is 1610. The first-order chi connectivity index (χ1) is 20.9. The van der Waals surface area contributed by atoms with Gasteiger partial charge >= 0.3 is 0 Å². The Hall–Kier alpha value is -4.96. The summed E-state index contributed by atoms with van der Waals surface area (Å²) in [6.07, 6.45) is 10.8. The minimum atomic E-state index is -0.225. The van der Waals surface area contributed by atoms with E-state index in [-0.39, 0.29) is 5.82 Å². The Morgan fingerprint density at radius 1 is 0.837 bits per heavy atom. The van der Waals surface area contributed by atoms with Gasteiger partial charge < -0.3 is 10.6 Å². The standard InChI is InChI=1S/C37H36FN3.C2H6/c1-6-34(18-16-26(2)20-32-14-10-11-15-36(32)38)41-28(4)27(3)35-23-31(17-19-37(35)39-5)33-22-30(24-40-25-33)21-29-12-8-7-9-13-29;1-2/h6-19,22-25,39,41H,2-4,20-21H2,1,5H3;1-2H3/b18-16-,34-6+;. The molecule has 0 spiro atoms. The van der Waals surface area contributed by atoms with Gasteiger partial charge in [0.15, 0.2) is 0 Å². The molecule has 220 valence electrons. The second kappa shape index (κ2) is 16.5. The third kappa shape index (κ3) is 9.27. The molecule has 3 nitrogen and oxygen atoms in total. The van der Waals surface area contributed by atoms with E-state index in [0.29, 0.717) is 17.7 Å². The van der Waals surface area contributed by atoms with Crippen molar-refractivity contribution in [2.24, 2.45) is 0 Å². The number of pyridine rings is 1. The molecule has 4 rings (SSSR count). The molecular weight excluding hydrogens is 529 g/mol. The van der Waals surface area contributed by atoms with Gasteiger partial charge in [-0.05, 0) is 77.9 Å². The molecule has 4 aromatic rings. The van der Waals surface area contributed by atoms with Crippen LogP contribution in [-0.2, 0) is 12.8 Å². The van der Waals surface area contributed by atoms with Crippen molar-refractivity contribution in [1.82, 2.24) is 10.3 Å². The van der Waals surface area contributed by atoms with Crippen molar-refractivity contribution in [2.75, 3.05) is 12.4 Å². The molecule has 0 unspecified atom stereocenters. The molecule has 2 N–H and O–H groups in total. The van der Waals surface area contributed by atoms with E-state index in [2.05, 4.69) is 83.9 Å². The number of hydrogen-bond donors (Lipinski definition) is 2.